The van der Waals surface area contributed by atoms with Gasteiger partial charge < -0.3 is 10.4 Å². The first-order valence-electron chi connectivity index (χ1n) is 6.83. The number of aliphatic carboxylic acids is 1. The number of Topliss-reactive ketones (excluding diaryl/α,β-unsaturated/α-hetero) is 1. The van der Waals surface area contributed by atoms with Gasteiger partial charge in [0, 0.05) is 16.9 Å². The number of rotatable bonds is 6. The Balaban J connectivity index is 2.38. The first-order chi connectivity index (χ1) is 11.0. The van der Waals surface area contributed by atoms with Gasteiger partial charge in [-0.1, -0.05) is 48.5 Å². The van der Waals surface area contributed by atoms with Crippen molar-refractivity contribution in [3.63, 3.8) is 0 Å². The zero-order chi connectivity index (χ0) is 16.9. The molecule has 0 aromatic heterocycles. The Morgan fingerprint density at radius 2 is 1.39 bits per heavy atom. The maximum absolute atomic E-state index is 12.7. The summed E-state index contributed by atoms with van der Waals surface area (Å²) in [5.41, 5.74) is -1.67. The molecule has 2 rings (SSSR count). The summed E-state index contributed by atoms with van der Waals surface area (Å²) in [5, 5.41) is 11.9. The van der Waals surface area contributed by atoms with E-state index in [2.05, 4.69) is 17.9 Å². The van der Waals surface area contributed by atoms with Crippen LogP contribution in [-0.2, 0) is 4.79 Å². The molecule has 1 atom stereocenters. The Labute approximate surface area is 138 Å². The van der Waals surface area contributed by atoms with Gasteiger partial charge in [-0.15, -0.1) is 0 Å². The SMILES string of the molecule is O=C(N[C@@](CS)(C(=O)O)C(=O)c1ccccc1)c1ccccc1. The quantitative estimate of drug-likeness (QED) is 0.430. The molecule has 0 aliphatic carbocycles. The van der Waals surface area contributed by atoms with Gasteiger partial charge in [-0.05, 0) is 12.1 Å². The van der Waals surface area contributed by atoms with Crippen molar-refractivity contribution in [2.75, 3.05) is 5.75 Å². The number of hydrogen-bond acceptors (Lipinski definition) is 4. The number of amides is 1. The molecule has 0 heterocycles. The van der Waals surface area contributed by atoms with Crippen molar-refractivity contribution in [3.8, 4) is 0 Å². The average Bonchev–Trinajstić information content (AvgIpc) is 2.60. The predicted octanol–water partition coefficient (Wildman–Crippen LogP) is 2.05. The Morgan fingerprint density at radius 3 is 1.83 bits per heavy atom. The number of carboxylic acids is 1. The molecule has 0 radical (unpaired) electrons. The number of nitrogens with one attached hydrogen (secondary N) is 1. The topological polar surface area (TPSA) is 83.5 Å². The van der Waals surface area contributed by atoms with Gasteiger partial charge in [-0.25, -0.2) is 4.79 Å². The van der Waals surface area contributed by atoms with Crippen LogP contribution in [0, 0.1) is 0 Å². The molecule has 1 amide bonds. The molecule has 2 aromatic carbocycles. The molecule has 0 saturated heterocycles. The van der Waals surface area contributed by atoms with Gasteiger partial charge in [0.15, 0.2) is 0 Å². The van der Waals surface area contributed by atoms with Crippen molar-refractivity contribution in [3.05, 3.63) is 71.8 Å². The van der Waals surface area contributed by atoms with Gasteiger partial charge in [-0.2, -0.15) is 12.6 Å². The normalized spacial score (nSPS) is 12.9. The third kappa shape index (κ3) is 3.43. The molecular formula is C17H15NO4S. The van der Waals surface area contributed by atoms with E-state index in [1.165, 1.54) is 24.3 Å². The molecule has 0 bridgehead atoms. The minimum Gasteiger partial charge on any atom is -0.479 e. The number of benzene rings is 2. The predicted molar refractivity (Wildman–Crippen MR) is 88.9 cm³/mol. The lowest BCUT2D eigenvalue weighted by atomic mass is 9.90. The van der Waals surface area contributed by atoms with Crippen LogP contribution in [0.15, 0.2) is 60.7 Å². The van der Waals surface area contributed by atoms with E-state index >= 15 is 0 Å². The molecule has 118 valence electrons. The highest BCUT2D eigenvalue weighted by atomic mass is 32.1. The van der Waals surface area contributed by atoms with Crippen LogP contribution in [0.25, 0.3) is 0 Å². The Kier molecular flexibility index (Phi) is 5.18. The van der Waals surface area contributed by atoms with Crippen molar-refractivity contribution in [1.82, 2.24) is 5.32 Å². The number of carbonyl (C=O) groups excluding carboxylic acids is 2. The Bertz CT molecular complexity index is 718. The summed E-state index contributed by atoms with van der Waals surface area (Å²) in [5.74, 6) is -3.18. The molecule has 0 aliphatic heterocycles. The maximum atomic E-state index is 12.7. The summed E-state index contributed by atoms with van der Waals surface area (Å²) in [7, 11) is 0. The van der Waals surface area contributed by atoms with E-state index in [9.17, 15) is 19.5 Å². The second kappa shape index (κ2) is 7.11. The maximum Gasteiger partial charge on any atom is 0.338 e. The zero-order valence-electron chi connectivity index (χ0n) is 12.1. The van der Waals surface area contributed by atoms with Crippen LogP contribution in [0.2, 0.25) is 0 Å². The monoisotopic (exact) mass is 329 g/mol. The summed E-state index contributed by atoms with van der Waals surface area (Å²) in [6.45, 7) is 0. The van der Waals surface area contributed by atoms with E-state index in [1.807, 2.05) is 0 Å². The first-order valence-corrected chi connectivity index (χ1v) is 7.46. The van der Waals surface area contributed by atoms with Crippen molar-refractivity contribution in [2.45, 2.75) is 5.54 Å². The van der Waals surface area contributed by atoms with Gasteiger partial charge in [-0.3, -0.25) is 9.59 Å². The molecule has 2 aromatic rings. The van der Waals surface area contributed by atoms with Crippen LogP contribution in [0.4, 0.5) is 0 Å². The Hall–Kier alpha value is -2.60. The van der Waals surface area contributed by atoms with E-state index in [0.29, 0.717) is 0 Å². The lowest BCUT2D eigenvalue weighted by Crippen LogP contribution is -2.61. The zero-order valence-corrected chi connectivity index (χ0v) is 13.0. The molecular weight excluding hydrogens is 314 g/mol. The molecule has 0 aliphatic rings. The molecule has 0 saturated carbocycles. The summed E-state index contributed by atoms with van der Waals surface area (Å²) >= 11 is 4.00. The molecule has 6 heteroatoms. The highest BCUT2D eigenvalue weighted by molar-refractivity contribution is 7.80. The number of carbonyl (C=O) groups is 3. The second-order valence-corrected chi connectivity index (χ2v) is 5.20. The molecule has 23 heavy (non-hydrogen) atoms. The van der Waals surface area contributed by atoms with Gasteiger partial charge in [0.2, 0.25) is 11.3 Å². The van der Waals surface area contributed by atoms with Crippen LogP contribution in [0.1, 0.15) is 20.7 Å². The summed E-state index contributed by atoms with van der Waals surface area (Å²) in [4.78, 5) is 36.7. The standard InChI is InChI=1S/C17H15NO4S/c19-14(12-7-3-1-4-8-12)17(11-23,16(21)22)18-15(20)13-9-5-2-6-10-13/h1-10,23H,11H2,(H,18,20)(H,21,22)/t17-/m1/s1. The molecule has 0 unspecified atom stereocenters. The number of carboxylic acid groups (broad SMARTS) is 1. The molecule has 5 nitrogen and oxygen atoms in total. The number of ketones is 1. The van der Waals surface area contributed by atoms with E-state index in [4.69, 9.17) is 0 Å². The smallest absolute Gasteiger partial charge is 0.338 e. The van der Waals surface area contributed by atoms with Gasteiger partial charge >= 0.3 is 5.97 Å². The second-order valence-electron chi connectivity index (χ2n) is 4.88. The third-order valence-electron chi connectivity index (χ3n) is 3.39. The van der Waals surface area contributed by atoms with Crippen molar-refractivity contribution < 1.29 is 19.5 Å². The minimum absolute atomic E-state index is 0.192. The fourth-order valence-electron chi connectivity index (χ4n) is 2.08. The van der Waals surface area contributed by atoms with Crippen molar-refractivity contribution in [2.24, 2.45) is 0 Å². The lowest BCUT2D eigenvalue weighted by Gasteiger charge is -2.27. The van der Waals surface area contributed by atoms with E-state index in [-0.39, 0.29) is 16.9 Å². The summed E-state index contributed by atoms with van der Waals surface area (Å²) in [6.07, 6.45) is 0. The van der Waals surface area contributed by atoms with Gasteiger partial charge in [0.25, 0.3) is 5.91 Å². The summed E-state index contributed by atoms with van der Waals surface area (Å²) < 4.78 is 0. The Morgan fingerprint density at radius 1 is 0.913 bits per heavy atom. The van der Waals surface area contributed by atoms with Crippen LogP contribution in [0.5, 0.6) is 0 Å². The van der Waals surface area contributed by atoms with Crippen LogP contribution in [0.3, 0.4) is 0 Å². The van der Waals surface area contributed by atoms with E-state index < -0.39 is 23.2 Å². The van der Waals surface area contributed by atoms with Gasteiger partial charge in [0.05, 0.1) is 0 Å². The minimum atomic E-state index is -2.13. The first kappa shape index (κ1) is 16.8. The highest BCUT2D eigenvalue weighted by Crippen LogP contribution is 2.17. The molecule has 2 N–H and O–H groups in total. The van der Waals surface area contributed by atoms with Crippen molar-refractivity contribution >= 4 is 30.3 Å². The van der Waals surface area contributed by atoms with E-state index in [1.54, 1.807) is 36.4 Å². The number of thiol groups is 1. The fraction of sp³-hybridized carbons (Fsp3) is 0.118. The third-order valence-corrected chi connectivity index (χ3v) is 3.86. The average molecular weight is 329 g/mol. The number of hydrogen-bond donors (Lipinski definition) is 3. The van der Waals surface area contributed by atoms with Gasteiger partial charge in [0.1, 0.15) is 0 Å². The molecule has 0 spiro atoms. The van der Waals surface area contributed by atoms with Crippen LogP contribution in [-0.4, -0.2) is 34.1 Å². The fourth-order valence-corrected chi connectivity index (χ4v) is 2.44. The highest BCUT2D eigenvalue weighted by Gasteiger charge is 2.46. The van der Waals surface area contributed by atoms with Crippen LogP contribution < -0.4 is 5.32 Å². The molecule has 0 fully saturated rings. The van der Waals surface area contributed by atoms with E-state index in [0.717, 1.165) is 0 Å². The van der Waals surface area contributed by atoms with Crippen molar-refractivity contribution in [1.29, 1.82) is 0 Å². The largest absolute Gasteiger partial charge is 0.479 e. The summed E-state index contributed by atoms with van der Waals surface area (Å²) in [6, 6.07) is 16.1. The van der Waals surface area contributed by atoms with Crippen LogP contribution >= 0.6 is 12.6 Å². The lowest BCUT2D eigenvalue weighted by molar-refractivity contribution is -0.141.